The van der Waals surface area contributed by atoms with E-state index in [1.807, 2.05) is 19.1 Å². The summed E-state index contributed by atoms with van der Waals surface area (Å²) in [4.78, 5) is 18.8. The highest BCUT2D eigenvalue weighted by Crippen LogP contribution is 2.24. The predicted octanol–water partition coefficient (Wildman–Crippen LogP) is 2.21. The van der Waals surface area contributed by atoms with Crippen LogP contribution in [0.1, 0.15) is 23.8 Å². The maximum atomic E-state index is 12.0. The van der Waals surface area contributed by atoms with Gasteiger partial charge in [0.25, 0.3) is 5.91 Å². The number of rotatable bonds is 6. The first-order valence-corrected chi connectivity index (χ1v) is 7.79. The lowest BCUT2D eigenvalue weighted by Crippen LogP contribution is -2.36. The van der Waals surface area contributed by atoms with Gasteiger partial charge in [0.05, 0.1) is 12.1 Å². The van der Waals surface area contributed by atoms with Crippen LogP contribution in [0.5, 0.6) is 0 Å². The van der Waals surface area contributed by atoms with Crippen LogP contribution in [0.2, 0.25) is 0 Å². The van der Waals surface area contributed by atoms with Crippen LogP contribution < -0.4 is 10.2 Å². The molecule has 0 bridgehead atoms. The molecule has 3 rings (SSSR count). The molecule has 0 radical (unpaired) electrons. The van der Waals surface area contributed by atoms with E-state index >= 15 is 0 Å². The third kappa shape index (κ3) is 3.20. The maximum Gasteiger partial charge on any atom is 0.269 e. The average molecular weight is 299 g/mol. The fourth-order valence-corrected chi connectivity index (χ4v) is 2.48. The van der Waals surface area contributed by atoms with Crippen molar-refractivity contribution in [3.63, 3.8) is 0 Å². The second-order valence-corrected chi connectivity index (χ2v) is 5.37. The highest BCUT2D eigenvalue weighted by atomic mass is 16.5. The Balaban J connectivity index is 1.71. The number of carbonyl (C=O) groups excluding carboxylic acids is 1. The second-order valence-electron chi connectivity index (χ2n) is 5.37. The molecule has 0 spiro atoms. The molecule has 1 saturated heterocycles. The number of pyridine rings is 1. The summed E-state index contributed by atoms with van der Waals surface area (Å²) in [6.45, 7) is 5.86. The van der Waals surface area contributed by atoms with Crippen molar-refractivity contribution >= 4 is 22.5 Å². The van der Waals surface area contributed by atoms with E-state index in [0.717, 1.165) is 24.0 Å². The van der Waals surface area contributed by atoms with Gasteiger partial charge in [0.1, 0.15) is 5.69 Å². The number of ether oxygens (including phenoxy) is 1. The van der Waals surface area contributed by atoms with Gasteiger partial charge >= 0.3 is 0 Å². The van der Waals surface area contributed by atoms with Crippen LogP contribution in [-0.2, 0) is 4.74 Å². The van der Waals surface area contributed by atoms with Gasteiger partial charge < -0.3 is 15.0 Å². The number of aromatic nitrogens is 1. The van der Waals surface area contributed by atoms with E-state index in [-0.39, 0.29) is 5.91 Å². The number of fused-ring (bicyclic) bond motifs is 1. The van der Waals surface area contributed by atoms with Gasteiger partial charge in [-0.3, -0.25) is 4.79 Å². The molecule has 1 amide bonds. The Morgan fingerprint density at radius 3 is 2.91 bits per heavy atom. The van der Waals surface area contributed by atoms with Gasteiger partial charge in [0, 0.05) is 37.3 Å². The molecule has 1 aromatic heterocycles. The van der Waals surface area contributed by atoms with E-state index in [1.165, 1.54) is 12.1 Å². The molecule has 0 unspecified atom stereocenters. The molecular weight excluding hydrogens is 278 g/mol. The van der Waals surface area contributed by atoms with Gasteiger partial charge in [-0.2, -0.15) is 0 Å². The van der Waals surface area contributed by atoms with Crippen LogP contribution in [0.15, 0.2) is 30.3 Å². The van der Waals surface area contributed by atoms with Crippen LogP contribution in [0.4, 0.5) is 5.69 Å². The van der Waals surface area contributed by atoms with Crippen molar-refractivity contribution in [3.8, 4) is 0 Å². The van der Waals surface area contributed by atoms with Gasteiger partial charge in [0.15, 0.2) is 0 Å². The van der Waals surface area contributed by atoms with Crippen molar-refractivity contribution in [3.05, 3.63) is 36.0 Å². The molecule has 116 valence electrons. The lowest BCUT2D eigenvalue weighted by molar-refractivity contribution is 0.0918. The van der Waals surface area contributed by atoms with E-state index in [1.54, 1.807) is 6.07 Å². The summed E-state index contributed by atoms with van der Waals surface area (Å²) in [7, 11) is 0. The fraction of sp³-hybridized carbons (Fsp3) is 0.412. The smallest absolute Gasteiger partial charge is 0.269 e. The average Bonchev–Trinajstić information content (AvgIpc) is 2.49. The summed E-state index contributed by atoms with van der Waals surface area (Å²) < 4.78 is 5.20. The standard InChI is InChI=1S/C17H21N3O2/c1-2-22-11-8-18-17(21)16-6-4-13-12-14(20-9-3-10-20)5-7-15(13)19-16/h4-7,12H,2-3,8-11H2,1H3,(H,18,21). The number of anilines is 1. The summed E-state index contributed by atoms with van der Waals surface area (Å²) in [5, 5.41) is 3.88. The maximum absolute atomic E-state index is 12.0. The SMILES string of the molecule is CCOCCNC(=O)c1ccc2cc(N3CCC3)ccc2n1. The first-order chi connectivity index (χ1) is 10.8. The summed E-state index contributed by atoms with van der Waals surface area (Å²) in [5.74, 6) is -0.159. The van der Waals surface area contributed by atoms with Gasteiger partial charge in [0.2, 0.25) is 0 Å². The molecule has 1 aliphatic rings. The Kier molecular flexibility index (Phi) is 4.53. The van der Waals surface area contributed by atoms with Crippen LogP contribution in [0.3, 0.4) is 0 Å². The molecule has 1 N–H and O–H groups in total. The molecule has 2 aromatic rings. The monoisotopic (exact) mass is 299 g/mol. The third-order valence-electron chi connectivity index (χ3n) is 3.86. The highest BCUT2D eigenvalue weighted by molar-refractivity contribution is 5.95. The highest BCUT2D eigenvalue weighted by Gasteiger charge is 2.15. The van der Waals surface area contributed by atoms with E-state index in [4.69, 9.17) is 4.74 Å². The molecular formula is C17H21N3O2. The minimum Gasteiger partial charge on any atom is -0.380 e. The minimum atomic E-state index is -0.159. The quantitative estimate of drug-likeness (QED) is 0.831. The zero-order valence-corrected chi connectivity index (χ0v) is 12.8. The van der Waals surface area contributed by atoms with E-state index in [9.17, 15) is 4.79 Å². The van der Waals surface area contributed by atoms with Crippen molar-refractivity contribution in [2.24, 2.45) is 0 Å². The second kappa shape index (κ2) is 6.75. The van der Waals surface area contributed by atoms with E-state index in [2.05, 4.69) is 27.3 Å². The summed E-state index contributed by atoms with van der Waals surface area (Å²) in [5.41, 5.74) is 2.52. The zero-order valence-electron chi connectivity index (χ0n) is 12.8. The molecule has 2 heterocycles. The van der Waals surface area contributed by atoms with Crippen LogP contribution in [0, 0.1) is 0 Å². The first kappa shape index (κ1) is 14.8. The van der Waals surface area contributed by atoms with Crippen molar-refractivity contribution in [2.45, 2.75) is 13.3 Å². The first-order valence-electron chi connectivity index (χ1n) is 7.79. The topological polar surface area (TPSA) is 54.5 Å². The van der Waals surface area contributed by atoms with Gasteiger partial charge in [-0.1, -0.05) is 6.07 Å². The molecule has 1 aliphatic heterocycles. The normalized spacial score (nSPS) is 14.0. The summed E-state index contributed by atoms with van der Waals surface area (Å²) in [6, 6.07) is 9.94. The third-order valence-corrected chi connectivity index (χ3v) is 3.86. The molecule has 22 heavy (non-hydrogen) atoms. The van der Waals surface area contributed by atoms with Gasteiger partial charge in [-0.05, 0) is 37.6 Å². The number of benzene rings is 1. The van der Waals surface area contributed by atoms with Crippen molar-refractivity contribution in [1.29, 1.82) is 0 Å². The number of nitrogens with one attached hydrogen (secondary N) is 1. The Morgan fingerprint density at radius 2 is 2.18 bits per heavy atom. The van der Waals surface area contributed by atoms with Gasteiger partial charge in [-0.25, -0.2) is 4.98 Å². The molecule has 5 nitrogen and oxygen atoms in total. The van der Waals surface area contributed by atoms with E-state index in [0.29, 0.717) is 25.5 Å². The summed E-state index contributed by atoms with van der Waals surface area (Å²) in [6.07, 6.45) is 1.26. The molecule has 1 fully saturated rings. The fourth-order valence-electron chi connectivity index (χ4n) is 2.48. The number of nitrogens with zero attached hydrogens (tertiary/aromatic N) is 2. The molecule has 5 heteroatoms. The molecule has 0 saturated carbocycles. The van der Waals surface area contributed by atoms with Crippen molar-refractivity contribution < 1.29 is 9.53 Å². The molecule has 1 aromatic carbocycles. The van der Waals surface area contributed by atoms with E-state index < -0.39 is 0 Å². The number of hydrogen-bond donors (Lipinski definition) is 1. The zero-order chi connectivity index (χ0) is 15.4. The predicted molar refractivity (Wildman–Crippen MR) is 87.4 cm³/mol. The minimum absolute atomic E-state index is 0.159. The Hall–Kier alpha value is -2.14. The van der Waals surface area contributed by atoms with Crippen molar-refractivity contribution in [2.75, 3.05) is 37.7 Å². The van der Waals surface area contributed by atoms with Crippen LogP contribution in [0.25, 0.3) is 10.9 Å². The summed E-state index contributed by atoms with van der Waals surface area (Å²) >= 11 is 0. The van der Waals surface area contributed by atoms with Crippen LogP contribution in [-0.4, -0.2) is 43.7 Å². The molecule has 0 aliphatic carbocycles. The lowest BCUT2D eigenvalue weighted by atomic mass is 10.1. The largest absolute Gasteiger partial charge is 0.380 e. The Morgan fingerprint density at radius 1 is 1.32 bits per heavy atom. The Labute approximate surface area is 130 Å². The molecule has 0 atom stereocenters. The van der Waals surface area contributed by atoms with Crippen molar-refractivity contribution in [1.82, 2.24) is 10.3 Å². The number of amides is 1. The number of carbonyl (C=O) groups is 1. The Bertz CT molecular complexity index is 668. The number of hydrogen-bond acceptors (Lipinski definition) is 4. The lowest BCUT2D eigenvalue weighted by Gasteiger charge is -2.33. The van der Waals surface area contributed by atoms with Gasteiger partial charge in [-0.15, -0.1) is 0 Å². The van der Waals surface area contributed by atoms with Crippen LogP contribution >= 0.6 is 0 Å².